The Morgan fingerprint density at radius 2 is 2.11 bits per heavy atom. The van der Waals surface area contributed by atoms with Crippen molar-refractivity contribution in [1.29, 1.82) is 0 Å². The molecule has 0 fully saturated rings. The maximum Gasteiger partial charge on any atom is 0.271 e. The van der Waals surface area contributed by atoms with Gasteiger partial charge in [0.1, 0.15) is 0 Å². The molecule has 1 aliphatic rings. The summed E-state index contributed by atoms with van der Waals surface area (Å²) in [6.45, 7) is 6.73. The van der Waals surface area contributed by atoms with Gasteiger partial charge < -0.3 is 4.90 Å². The molecule has 1 heterocycles. The Labute approximate surface area is 179 Å². The van der Waals surface area contributed by atoms with Crippen molar-refractivity contribution in [2.45, 2.75) is 38.6 Å². The van der Waals surface area contributed by atoms with Gasteiger partial charge in [0.15, 0.2) is 0 Å². The van der Waals surface area contributed by atoms with Gasteiger partial charge >= 0.3 is 0 Å². The molecule has 3 rings (SSSR count). The van der Waals surface area contributed by atoms with Crippen LogP contribution in [0.5, 0.6) is 0 Å². The van der Waals surface area contributed by atoms with Crippen molar-refractivity contribution in [3.8, 4) is 0 Å². The van der Waals surface area contributed by atoms with Gasteiger partial charge in [-0.2, -0.15) is 5.10 Å². The van der Waals surface area contributed by atoms with Crippen LogP contribution in [0.4, 0.5) is 5.69 Å². The van der Waals surface area contributed by atoms with Crippen LogP contribution in [0, 0.1) is 3.57 Å². The number of carbonyl (C=O) groups is 1. The van der Waals surface area contributed by atoms with Gasteiger partial charge in [-0.1, -0.05) is 24.6 Å². The van der Waals surface area contributed by atoms with Crippen molar-refractivity contribution in [2.24, 2.45) is 5.10 Å². The highest BCUT2D eigenvalue weighted by Gasteiger charge is 2.34. The fourth-order valence-corrected chi connectivity index (χ4v) is 4.31. The lowest BCUT2D eigenvalue weighted by molar-refractivity contribution is 0.0955. The van der Waals surface area contributed by atoms with E-state index in [9.17, 15) is 4.79 Å². The molecule has 6 heteroatoms. The number of anilines is 1. The van der Waals surface area contributed by atoms with E-state index in [1.54, 1.807) is 12.3 Å². The summed E-state index contributed by atoms with van der Waals surface area (Å²) in [6, 6.07) is 11.4. The van der Waals surface area contributed by atoms with E-state index in [4.69, 9.17) is 11.6 Å². The average molecular weight is 496 g/mol. The van der Waals surface area contributed by atoms with Gasteiger partial charge in [-0.25, -0.2) is 5.43 Å². The third-order valence-corrected chi connectivity index (χ3v) is 6.21. The topological polar surface area (TPSA) is 44.7 Å². The predicted molar refractivity (Wildman–Crippen MR) is 121 cm³/mol. The molecule has 2 aromatic carbocycles. The Bertz CT molecular complexity index is 910. The molecule has 2 aromatic rings. The van der Waals surface area contributed by atoms with Gasteiger partial charge in [-0.3, -0.25) is 4.79 Å². The molecule has 142 valence electrons. The predicted octanol–water partition coefficient (Wildman–Crippen LogP) is 5.43. The van der Waals surface area contributed by atoms with Crippen LogP contribution in [0.15, 0.2) is 41.5 Å². The fraction of sp³-hybridized carbons (Fsp3) is 0.333. The second kappa shape index (κ2) is 7.80. The highest BCUT2D eigenvalue weighted by molar-refractivity contribution is 14.1. The van der Waals surface area contributed by atoms with Gasteiger partial charge in [0, 0.05) is 33.0 Å². The first kappa shape index (κ1) is 20.1. The number of carbonyl (C=O) groups excluding carboxylic acids is 1. The van der Waals surface area contributed by atoms with Crippen LogP contribution in [-0.4, -0.2) is 24.7 Å². The largest absolute Gasteiger partial charge is 0.369 e. The number of hydrazone groups is 1. The number of nitrogens with one attached hydrogen (secondary N) is 1. The van der Waals surface area contributed by atoms with Crippen LogP contribution in [0.3, 0.4) is 0 Å². The number of rotatable bonds is 3. The van der Waals surface area contributed by atoms with Crippen molar-refractivity contribution >= 4 is 52.0 Å². The first-order chi connectivity index (χ1) is 12.7. The highest BCUT2D eigenvalue weighted by atomic mass is 127. The molecule has 4 nitrogen and oxygen atoms in total. The van der Waals surface area contributed by atoms with Crippen LogP contribution in [0.2, 0.25) is 5.02 Å². The zero-order chi connectivity index (χ0) is 19.8. The zero-order valence-electron chi connectivity index (χ0n) is 15.9. The summed E-state index contributed by atoms with van der Waals surface area (Å²) in [4.78, 5) is 14.5. The molecule has 1 atom stereocenters. The average Bonchev–Trinajstić information content (AvgIpc) is 2.60. The fourth-order valence-electron chi connectivity index (χ4n) is 3.56. The van der Waals surface area contributed by atoms with Crippen molar-refractivity contribution in [1.82, 2.24) is 5.43 Å². The Morgan fingerprint density at radius 3 is 2.81 bits per heavy atom. The van der Waals surface area contributed by atoms with Gasteiger partial charge in [0.2, 0.25) is 0 Å². The van der Waals surface area contributed by atoms with E-state index >= 15 is 0 Å². The van der Waals surface area contributed by atoms with Crippen molar-refractivity contribution in [3.63, 3.8) is 0 Å². The van der Waals surface area contributed by atoms with Crippen LogP contribution in [-0.2, 0) is 0 Å². The Balaban J connectivity index is 1.81. The van der Waals surface area contributed by atoms with Crippen molar-refractivity contribution < 1.29 is 4.79 Å². The molecule has 27 heavy (non-hydrogen) atoms. The van der Waals surface area contributed by atoms with Crippen molar-refractivity contribution in [2.75, 3.05) is 11.9 Å². The Kier molecular flexibility index (Phi) is 5.82. The van der Waals surface area contributed by atoms with E-state index in [0.717, 1.165) is 21.2 Å². The number of fused-ring (bicyclic) bond motifs is 1. The standard InChI is InChI=1S/C21H23ClIN3O/c1-13-11-21(2,3)26(4)19-10-18(22)15(9-17(13)19)12-24-25-20(27)14-6-5-7-16(23)8-14/h5-10,12-13H,11H2,1-4H3,(H,25,27)/b24-12-. The summed E-state index contributed by atoms with van der Waals surface area (Å²) >= 11 is 8.66. The second-order valence-electron chi connectivity index (χ2n) is 7.62. The normalized spacial score (nSPS) is 18.4. The molecule has 0 saturated carbocycles. The van der Waals surface area contributed by atoms with Gasteiger partial charge in [-0.05, 0) is 84.7 Å². The Hall–Kier alpha value is -1.60. The third kappa shape index (κ3) is 4.29. The highest BCUT2D eigenvalue weighted by Crippen LogP contribution is 2.44. The first-order valence-electron chi connectivity index (χ1n) is 8.85. The number of benzene rings is 2. The molecule has 0 saturated heterocycles. The monoisotopic (exact) mass is 495 g/mol. The van der Waals surface area contributed by atoms with Crippen LogP contribution < -0.4 is 10.3 Å². The lowest BCUT2D eigenvalue weighted by Crippen LogP contribution is -2.45. The molecule has 0 radical (unpaired) electrons. The smallest absolute Gasteiger partial charge is 0.271 e. The summed E-state index contributed by atoms with van der Waals surface area (Å²) in [5.74, 6) is 0.185. The minimum absolute atomic E-state index is 0.0898. The van der Waals surface area contributed by atoms with E-state index in [1.165, 1.54) is 5.56 Å². The first-order valence-corrected chi connectivity index (χ1v) is 10.3. The zero-order valence-corrected chi connectivity index (χ0v) is 18.8. The molecule has 0 bridgehead atoms. The van der Waals surface area contributed by atoms with E-state index < -0.39 is 0 Å². The second-order valence-corrected chi connectivity index (χ2v) is 9.27. The maximum absolute atomic E-state index is 12.2. The summed E-state index contributed by atoms with van der Waals surface area (Å²) < 4.78 is 1.00. The molecule has 0 aliphatic carbocycles. The van der Waals surface area contributed by atoms with Gasteiger partial charge in [0.25, 0.3) is 5.91 Å². The maximum atomic E-state index is 12.2. The number of amides is 1. The molecule has 1 unspecified atom stereocenters. The number of halogens is 2. The minimum atomic E-state index is -0.242. The molecule has 1 aliphatic heterocycles. The summed E-state index contributed by atoms with van der Waals surface area (Å²) in [5, 5.41) is 4.73. The molecule has 1 N–H and O–H groups in total. The lowest BCUT2D eigenvalue weighted by atomic mass is 9.80. The van der Waals surface area contributed by atoms with E-state index in [2.05, 4.69) is 71.9 Å². The quantitative estimate of drug-likeness (QED) is 0.351. The Morgan fingerprint density at radius 1 is 1.37 bits per heavy atom. The molecular weight excluding hydrogens is 473 g/mol. The van der Waals surface area contributed by atoms with Crippen molar-refractivity contribution in [3.05, 3.63) is 61.7 Å². The van der Waals surface area contributed by atoms with Gasteiger partial charge in [-0.15, -0.1) is 0 Å². The molecular formula is C21H23ClIN3O. The van der Waals surface area contributed by atoms with Crippen LogP contribution in [0.1, 0.15) is 54.6 Å². The van der Waals surface area contributed by atoms with Gasteiger partial charge in [0.05, 0.1) is 11.2 Å². The minimum Gasteiger partial charge on any atom is -0.369 e. The molecule has 0 spiro atoms. The van der Waals surface area contributed by atoms with E-state index in [-0.39, 0.29) is 11.4 Å². The molecule has 1 amide bonds. The molecule has 0 aromatic heterocycles. The summed E-state index contributed by atoms with van der Waals surface area (Å²) in [7, 11) is 2.11. The number of hydrogen-bond acceptors (Lipinski definition) is 3. The SMILES string of the molecule is CC1CC(C)(C)N(C)c2cc(Cl)c(/C=N\NC(=O)c3cccc(I)c3)cc21. The number of hydrogen-bond donors (Lipinski definition) is 1. The number of nitrogens with zero attached hydrogens (tertiary/aromatic N) is 2. The van der Waals surface area contributed by atoms with E-state index in [1.807, 2.05) is 24.3 Å². The third-order valence-electron chi connectivity index (χ3n) is 5.21. The summed E-state index contributed by atoms with van der Waals surface area (Å²) in [6.07, 6.45) is 2.68. The van der Waals surface area contributed by atoms with E-state index in [0.29, 0.717) is 16.5 Å². The van der Waals surface area contributed by atoms with Crippen LogP contribution in [0.25, 0.3) is 0 Å². The lowest BCUT2D eigenvalue weighted by Gasteiger charge is -2.45. The van der Waals surface area contributed by atoms with Crippen LogP contribution >= 0.6 is 34.2 Å². The summed E-state index contributed by atoms with van der Waals surface area (Å²) in [5.41, 5.74) is 6.46.